The highest BCUT2D eigenvalue weighted by Crippen LogP contribution is 2.18. The van der Waals surface area contributed by atoms with Gasteiger partial charge in [-0.3, -0.25) is 0 Å². The lowest BCUT2D eigenvalue weighted by Gasteiger charge is -2.25. The van der Waals surface area contributed by atoms with Crippen LogP contribution in [0, 0.1) is 0 Å². The van der Waals surface area contributed by atoms with Crippen molar-refractivity contribution in [2.45, 2.75) is 38.3 Å². The Morgan fingerprint density at radius 1 is 1.47 bits per heavy atom. The lowest BCUT2D eigenvalue weighted by Crippen LogP contribution is -2.33. The predicted molar refractivity (Wildman–Crippen MR) is 68.1 cm³/mol. The van der Waals surface area contributed by atoms with Crippen LogP contribution in [0.25, 0.3) is 0 Å². The Morgan fingerprint density at radius 3 is 3.06 bits per heavy atom. The molecule has 0 spiro atoms. The predicted octanol–water partition coefficient (Wildman–Crippen LogP) is 2.61. The summed E-state index contributed by atoms with van der Waals surface area (Å²) in [5.74, 6) is 0.324. The number of benzene rings is 1. The zero-order chi connectivity index (χ0) is 12.1. The van der Waals surface area contributed by atoms with E-state index in [0.29, 0.717) is 11.9 Å². The van der Waals surface area contributed by atoms with E-state index in [2.05, 4.69) is 12.2 Å². The molecule has 0 radical (unpaired) electrons. The molecule has 3 heteroatoms. The molecule has 17 heavy (non-hydrogen) atoms. The van der Waals surface area contributed by atoms with E-state index >= 15 is 0 Å². The molecule has 0 aromatic heterocycles. The van der Waals surface area contributed by atoms with Crippen molar-refractivity contribution in [1.29, 1.82) is 0 Å². The number of aromatic hydroxyl groups is 1. The van der Waals surface area contributed by atoms with Gasteiger partial charge in [0.25, 0.3) is 0 Å². The van der Waals surface area contributed by atoms with Gasteiger partial charge in [0, 0.05) is 19.2 Å². The van der Waals surface area contributed by atoms with Gasteiger partial charge < -0.3 is 15.2 Å². The van der Waals surface area contributed by atoms with E-state index in [1.165, 1.54) is 12.8 Å². The molecule has 1 aliphatic rings. The molecule has 2 unspecified atom stereocenters. The molecule has 0 bridgehead atoms. The molecule has 1 heterocycles. The summed E-state index contributed by atoms with van der Waals surface area (Å²) in [5.41, 5.74) is 1.11. The number of hydrogen-bond donors (Lipinski definition) is 2. The van der Waals surface area contributed by atoms with Crippen LogP contribution in [-0.4, -0.2) is 24.4 Å². The van der Waals surface area contributed by atoms with Gasteiger partial charge in [0.1, 0.15) is 5.75 Å². The van der Waals surface area contributed by atoms with E-state index in [0.717, 1.165) is 25.1 Å². The second-order valence-corrected chi connectivity index (χ2v) is 4.71. The normalized spacial score (nSPS) is 22.3. The standard InChI is InChI=1S/C14H21NO2/c1-11(12-5-4-6-13(16)9-12)15-10-14-7-2-3-8-17-14/h4-6,9,11,14-16H,2-3,7-8,10H2,1H3. The van der Waals surface area contributed by atoms with Gasteiger partial charge >= 0.3 is 0 Å². The van der Waals surface area contributed by atoms with E-state index in [1.807, 2.05) is 12.1 Å². The first-order valence-electron chi connectivity index (χ1n) is 6.39. The van der Waals surface area contributed by atoms with Crippen molar-refractivity contribution in [3.63, 3.8) is 0 Å². The highest BCUT2D eigenvalue weighted by molar-refractivity contribution is 5.28. The molecule has 1 aromatic rings. The quantitative estimate of drug-likeness (QED) is 0.843. The van der Waals surface area contributed by atoms with Crippen molar-refractivity contribution in [3.05, 3.63) is 29.8 Å². The monoisotopic (exact) mass is 235 g/mol. The van der Waals surface area contributed by atoms with Gasteiger partial charge in [-0.25, -0.2) is 0 Å². The van der Waals surface area contributed by atoms with Gasteiger partial charge in [-0.15, -0.1) is 0 Å². The maximum atomic E-state index is 9.43. The van der Waals surface area contributed by atoms with Crippen LogP contribution in [0.5, 0.6) is 5.75 Å². The fourth-order valence-corrected chi connectivity index (χ4v) is 2.19. The Hall–Kier alpha value is -1.06. The minimum absolute atomic E-state index is 0.243. The third-order valence-electron chi connectivity index (χ3n) is 3.30. The van der Waals surface area contributed by atoms with Gasteiger partial charge in [-0.1, -0.05) is 12.1 Å². The summed E-state index contributed by atoms with van der Waals surface area (Å²) in [4.78, 5) is 0. The molecule has 0 saturated carbocycles. The minimum atomic E-state index is 0.243. The van der Waals surface area contributed by atoms with Crippen molar-refractivity contribution in [2.24, 2.45) is 0 Å². The number of rotatable bonds is 4. The molecule has 94 valence electrons. The van der Waals surface area contributed by atoms with Crippen molar-refractivity contribution >= 4 is 0 Å². The van der Waals surface area contributed by atoms with E-state index in [-0.39, 0.29) is 6.04 Å². The first-order chi connectivity index (χ1) is 8.25. The Balaban J connectivity index is 1.82. The molecule has 0 aliphatic carbocycles. The van der Waals surface area contributed by atoms with Gasteiger partial charge in [0.2, 0.25) is 0 Å². The lowest BCUT2D eigenvalue weighted by atomic mass is 10.1. The molecule has 1 fully saturated rings. The molecular weight excluding hydrogens is 214 g/mol. The van der Waals surface area contributed by atoms with Crippen LogP contribution in [0.1, 0.15) is 37.8 Å². The second-order valence-electron chi connectivity index (χ2n) is 4.71. The Labute approximate surface area is 103 Å². The Bertz CT molecular complexity index is 348. The first kappa shape index (κ1) is 12.4. The number of ether oxygens (including phenoxy) is 1. The summed E-state index contributed by atoms with van der Waals surface area (Å²) in [5, 5.41) is 12.9. The van der Waals surface area contributed by atoms with Crippen LogP contribution in [0.15, 0.2) is 24.3 Å². The average Bonchev–Trinajstić information content (AvgIpc) is 2.37. The highest BCUT2D eigenvalue weighted by Gasteiger charge is 2.15. The zero-order valence-electron chi connectivity index (χ0n) is 10.4. The summed E-state index contributed by atoms with van der Waals surface area (Å²) < 4.78 is 5.68. The summed E-state index contributed by atoms with van der Waals surface area (Å²) in [6.45, 7) is 3.89. The van der Waals surface area contributed by atoms with Crippen molar-refractivity contribution in [1.82, 2.24) is 5.32 Å². The molecule has 1 saturated heterocycles. The largest absolute Gasteiger partial charge is 0.508 e. The molecule has 1 aliphatic heterocycles. The fraction of sp³-hybridized carbons (Fsp3) is 0.571. The lowest BCUT2D eigenvalue weighted by molar-refractivity contribution is 0.0156. The van der Waals surface area contributed by atoms with Crippen LogP contribution >= 0.6 is 0 Å². The second kappa shape index (κ2) is 6.03. The van der Waals surface area contributed by atoms with E-state index in [4.69, 9.17) is 4.74 Å². The SMILES string of the molecule is CC(NCC1CCCCO1)c1cccc(O)c1. The first-order valence-corrected chi connectivity index (χ1v) is 6.39. The molecule has 0 amide bonds. The smallest absolute Gasteiger partial charge is 0.115 e. The molecular formula is C14H21NO2. The fourth-order valence-electron chi connectivity index (χ4n) is 2.19. The number of phenols is 1. The maximum absolute atomic E-state index is 9.43. The molecule has 1 aromatic carbocycles. The summed E-state index contributed by atoms with van der Waals surface area (Å²) in [6.07, 6.45) is 3.97. The van der Waals surface area contributed by atoms with Gasteiger partial charge in [0.15, 0.2) is 0 Å². The van der Waals surface area contributed by atoms with E-state index in [9.17, 15) is 5.11 Å². The number of phenolic OH excluding ortho intramolecular Hbond substituents is 1. The topological polar surface area (TPSA) is 41.5 Å². The molecule has 2 rings (SSSR count). The van der Waals surface area contributed by atoms with E-state index < -0.39 is 0 Å². The zero-order valence-corrected chi connectivity index (χ0v) is 10.4. The third kappa shape index (κ3) is 3.72. The van der Waals surface area contributed by atoms with Crippen molar-refractivity contribution < 1.29 is 9.84 Å². The van der Waals surface area contributed by atoms with Crippen LogP contribution in [0.3, 0.4) is 0 Å². The van der Waals surface area contributed by atoms with Gasteiger partial charge in [0.05, 0.1) is 6.10 Å². The molecule has 3 nitrogen and oxygen atoms in total. The van der Waals surface area contributed by atoms with Crippen molar-refractivity contribution in [2.75, 3.05) is 13.2 Å². The summed E-state index contributed by atoms with van der Waals surface area (Å²) >= 11 is 0. The molecule has 2 N–H and O–H groups in total. The summed E-state index contributed by atoms with van der Waals surface area (Å²) in [6, 6.07) is 7.64. The average molecular weight is 235 g/mol. The van der Waals surface area contributed by atoms with Crippen LogP contribution in [-0.2, 0) is 4.74 Å². The Kier molecular flexibility index (Phi) is 4.40. The van der Waals surface area contributed by atoms with Crippen molar-refractivity contribution in [3.8, 4) is 5.75 Å². The van der Waals surface area contributed by atoms with Gasteiger partial charge in [-0.2, -0.15) is 0 Å². The Morgan fingerprint density at radius 2 is 2.35 bits per heavy atom. The van der Waals surface area contributed by atoms with Crippen LogP contribution in [0.2, 0.25) is 0 Å². The number of nitrogens with one attached hydrogen (secondary N) is 1. The minimum Gasteiger partial charge on any atom is -0.508 e. The van der Waals surface area contributed by atoms with Crippen LogP contribution < -0.4 is 5.32 Å². The van der Waals surface area contributed by atoms with E-state index in [1.54, 1.807) is 12.1 Å². The van der Waals surface area contributed by atoms with Crippen LogP contribution in [0.4, 0.5) is 0 Å². The summed E-state index contributed by atoms with van der Waals surface area (Å²) in [7, 11) is 0. The number of hydrogen-bond acceptors (Lipinski definition) is 3. The third-order valence-corrected chi connectivity index (χ3v) is 3.30. The highest BCUT2D eigenvalue weighted by atomic mass is 16.5. The maximum Gasteiger partial charge on any atom is 0.115 e. The molecule has 2 atom stereocenters. The van der Waals surface area contributed by atoms with Gasteiger partial charge in [-0.05, 0) is 43.9 Å².